The molecule has 0 fully saturated rings. The molecule has 2 aromatic rings. The number of unbranched alkanes of at least 4 members (excludes halogenated alkanes) is 1. The van der Waals surface area contributed by atoms with Crippen molar-refractivity contribution in [1.82, 2.24) is 15.0 Å². The highest BCUT2D eigenvalue weighted by Gasteiger charge is 2.07. The zero-order valence-corrected chi connectivity index (χ0v) is 11.7. The van der Waals surface area contributed by atoms with Crippen LogP contribution in [0.2, 0.25) is 0 Å². The molecular weight excluding hydrogens is 236 g/mol. The second-order valence-electron chi connectivity index (χ2n) is 5.11. The molecule has 0 amide bonds. The molecule has 1 heterocycles. The van der Waals surface area contributed by atoms with Gasteiger partial charge in [-0.25, -0.2) is 4.68 Å². The lowest BCUT2D eigenvalue weighted by molar-refractivity contribution is 0.549. The monoisotopic (exact) mass is 258 g/mol. The lowest BCUT2D eigenvalue weighted by Gasteiger charge is -2.08. The highest BCUT2D eigenvalue weighted by molar-refractivity contribution is 5.58. The van der Waals surface area contributed by atoms with E-state index in [1.54, 1.807) is 0 Å². The standard InChI is InChI=1S/C15H22N4/c1-12(2)13-5-7-14(8-6-13)15-11-17-18-19(15)10-4-3-9-16/h5-8,11-12H,3-4,9-10,16H2,1-2H3. The fourth-order valence-electron chi connectivity index (χ4n) is 2.09. The van der Waals surface area contributed by atoms with Gasteiger partial charge in [0.25, 0.3) is 0 Å². The molecule has 0 saturated heterocycles. The van der Waals surface area contributed by atoms with E-state index in [-0.39, 0.29) is 0 Å². The van der Waals surface area contributed by atoms with Crippen LogP contribution < -0.4 is 5.73 Å². The van der Waals surface area contributed by atoms with Crippen molar-refractivity contribution in [3.63, 3.8) is 0 Å². The van der Waals surface area contributed by atoms with E-state index >= 15 is 0 Å². The maximum atomic E-state index is 5.52. The quantitative estimate of drug-likeness (QED) is 0.811. The van der Waals surface area contributed by atoms with E-state index in [0.717, 1.165) is 31.6 Å². The predicted octanol–water partition coefficient (Wildman–Crippen LogP) is 2.81. The Kier molecular flexibility index (Phi) is 4.68. The zero-order valence-electron chi connectivity index (χ0n) is 11.7. The molecular formula is C15H22N4. The van der Waals surface area contributed by atoms with Crippen molar-refractivity contribution in [2.45, 2.75) is 39.2 Å². The van der Waals surface area contributed by atoms with Crippen molar-refractivity contribution in [3.8, 4) is 11.3 Å². The maximum Gasteiger partial charge on any atom is 0.0885 e. The lowest BCUT2D eigenvalue weighted by Crippen LogP contribution is -2.06. The summed E-state index contributed by atoms with van der Waals surface area (Å²) in [6.07, 6.45) is 3.88. The van der Waals surface area contributed by atoms with Gasteiger partial charge in [-0.2, -0.15) is 0 Å². The summed E-state index contributed by atoms with van der Waals surface area (Å²) < 4.78 is 1.96. The van der Waals surface area contributed by atoms with Gasteiger partial charge in [0.05, 0.1) is 11.9 Å². The number of nitrogens with zero attached hydrogens (tertiary/aromatic N) is 3. The first-order valence-corrected chi connectivity index (χ1v) is 6.91. The summed E-state index contributed by atoms with van der Waals surface area (Å²) in [5, 5.41) is 8.16. The van der Waals surface area contributed by atoms with Gasteiger partial charge in [0.15, 0.2) is 0 Å². The van der Waals surface area contributed by atoms with E-state index in [0.29, 0.717) is 5.92 Å². The third kappa shape index (κ3) is 3.41. The van der Waals surface area contributed by atoms with Gasteiger partial charge in [-0.3, -0.25) is 0 Å². The second-order valence-corrected chi connectivity index (χ2v) is 5.11. The van der Waals surface area contributed by atoms with Crippen LogP contribution in [0.3, 0.4) is 0 Å². The molecule has 2 rings (SSSR count). The number of benzene rings is 1. The summed E-state index contributed by atoms with van der Waals surface area (Å²) in [4.78, 5) is 0. The summed E-state index contributed by atoms with van der Waals surface area (Å²) in [5.41, 5.74) is 9.11. The number of hydrogen-bond acceptors (Lipinski definition) is 3. The normalized spacial score (nSPS) is 11.2. The van der Waals surface area contributed by atoms with E-state index in [9.17, 15) is 0 Å². The van der Waals surface area contributed by atoms with Gasteiger partial charge < -0.3 is 5.73 Å². The smallest absolute Gasteiger partial charge is 0.0885 e. The largest absolute Gasteiger partial charge is 0.330 e. The highest BCUT2D eigenvalue weighted by atomic mass is 15.4. The van der Waals surface area contributed by atoms with E-state index < -0.39 is 0 Å². The number of rotatable bonds is 6. The van der Waals surface area contributed by atoms with Crippen LogP contribution in [0.15, 0.2) is 30.5 Å². The van der Waals surface area contributed by atoms with Gasteiger partial charge in [-0.15, -0.1) is 5.10 Å². The molecule has 1 aromatic carbocycles. The number of aromatic nitrogens is 3. The van der Waals surface area contributed by atoms with Crippen LogP contribution >= 0.6 is 0 Å². The van der Waals surface area contributed by atoms with Crippen molar-refractivity contribution in [3.05, 3.63) is 36.0 Å². The van der Waals surface area contributed by atoms with Gasteiger partial charge >= 0.3 is 0 Å². The number of hydrogen-bond donors (Lipinski definition) is 1. The van der Waals surface area contributed by atoms with E-state index in [4.69, 9.17) is 5.73 Å². The second kappa shape index (κ2) is 6.48. The average Bonchev–Trinajstić information content (AvgIpc) is 2.87. The first kappa shape index (κ1) is 13.7. The van der Waals surface area contributed by atoms with Crippen molar-refractivity contribution in [1.29, 1.82) is 0 Å². The molecule has 0 unspecified atom stereocenters. The third-order valence-electron chi connectivity index (χ3n) is 3.31. The molecule has 2 N–H and O–H groups in total. The summed E-state index contributed by atoms with van der Waals surface area (Å²) in [7, 11) is 0. The summed E-state index contributed by atoms with van der Waals surface area (Å²) in [6, 6.07) is 8.65. The molecule has 0 bridgehead atoms. The summed E-state index contributed by atoms with van der Waals surface area (Å²) in [6.45, 7) is 6.01. The van der Waals surface area contributed by atoms with Gasteiger partial charge in [0, 0.05) is 12.1 Å². The zero-order chi connectivity index (χ0) is 13.7. The van der Waals surface area contributed by atoms with Crippen LogP contribution in [0.4, 0.5) is 0 Å². The first-order valence-electron chi connectivity index (χ1n) is 6.91. The minimum atomic E-state index is 0.557. The fraction of sp³-hybridized carbons (Fsp3) is 0.467. The van der Waals surface area contributed by atoms with E-state index in [1.165, 1.54) is 11.1 Å². The van der Waals surface area contributed by atoms with E-state index in [2.05, 4.69) is 48.4 Å². The molecule has 102 valence electrons. The molecule has 0 atom stereocenters. The Morgan fingerprint density at radius 1 is 1.16 bits per heavy atom. The average molecular weight is 258 g/mol. The molecule has 19 heavy (non-hydrogen) atoms. The third-order valence-corrected chi connectivity index (χ3v) is 3.31. The van der Waals surface area contributed by atoms with E-state index in [1.807, 2.05) is 10.9 Å². The molecule has 0 radical (unpaired) electrons. The van der Waals surface area contributed by atoms with Crippen molar-refractivity contribution < 1.29 is 0 Å². The van der Waals surface area contributed by atoms with Gasteiger partial charge in [0.2, 0.25) is 0 Å². The molecule has 4 nitrogen and oxygen atoms in total. The van der Waals surface area contributed by atoms with Crippen LogP contribution in [0, 0.1) is 0 Å². The Labute approximate surface area is 114 Å². The fourth-order valence-corrected chi connectivity index (χ4v) is 2.09. The Hall–Kier alpha value is -1.68. The SMILES string of the molecule is CC(C)c1ccc(-c2cnnn2CCCCN)cc1. The molecule has 4 heteroatoms. The van der Waals surface area contributed by atoms with Crippen LogP contribution in [-0.4, -0.2) is 21.5 Å². The Morgan fingerprint density at radius 2 is 1.89 bits per heavy atom. The Bertz CT molecular complexity index is 499. The number of aryl methyl sites for hydroxylation is 1. The Balaban J connectivity index is 2.15. The molecule has 0 aliphatic rings. The molecule has 1 aromatic heterocycles. The minimum absolute atomic E-state index is 0.557. The highest BCUT2D eigenvalue weighted by Crippen LogP contribution is 2.22. The predicted molar refractivity (Wildman–Crippen MR) is 77.8 cm³/mol. The Morgan fingerprint density at radius 3 is 2.53 bits per heavy atom. The van der Waals surface area contributed by atoms with Crippen LogP contribution in [0.1, 0.15) is 38.2 Å². The van der Waals surface area contributed by atoms with Gasteiger partial charge in [-0.05, 0) is 30.9 Å². The molecule has 0 saturated carbocycles. The van der Waals surface area contributed by atoms with Crippen LogP contribution in [-0.2, 0) is 6.54 Å². The topological polar surface area (TPSA) is 56.7 Å². The van der Waals surface area contributed by atoms with Crippen LogP contribution in [0.5, 0.6) is 0 Å². The maximum absolute atomic E-state index is 5.52. The van der Waals surface area contributed by atoms with Crippen molar-refractivity contribution in [2.24, 2.45) is 5.73 Å². The first-order chi connectivity index (χ1) is 9.22. The lowest BCUT2D eigenvalue weighted by atomic mass is 10.0. The van der Waals surface area contributed by atoms with Crippen molar-refractivity contribution >= 4 is 0 Å². The van der Waals surface area contributed by atoms with Gasteiger partial charge in [-0.1, -0.05) is 43.3 Å². The molecule has 0 spiro atoms. The minimum Gasteiger partial charge on any atom is -0.330 e. The van der Waals surface area contributed by atoms with Crippen LogP contribution in [0.25, 0.3) is 11.3 Å². The van der Waals surface area contributed by atoms with Crippen molar-refractivity contribution in [2.75, 3.05) is 6.54 Å². The molecule has 0 aliphatic heterocycles. The summed E-state index contributed by atoms with van der Waals surface area (Å²) in [5.74, 6) is 0.557. The number of nitrogens with two attached hydrogens (primary N) is 1. The molecule has 0 aliphatic carbocycles. The summed E-state index contributed by atoms with van der Waals surface area (Å²) >= 11 is 0. The van der Waals surface area contributed by atoms with Gasteiger partial charge in [0.1, 0.15) is 0 Å².